The minimum absolute atomic E-state index is 0.0613. The summed E-state index contributed by atoms with van der Waals surface area (Å²) in [6, 6.07) is 9.54. The highest BCUT2D eigenvalue weighted by Crippen LogP contribution is 2.16. The van der Waals surface area contributed by atoms with Crippen molar-refractivity contribution in [3.05, 3.63) is 30.2 Å². The number of hydrogen-bond donors (Lipinski definition) is 1. The van der Waals surface area contributed by atoms with Gasteiger partial charge in [-0.1, -0.05) is 12.1 Å². The summed E-state index contributed by atoms with van der Waals surface area (Å²) < 4.78 is 5.55. The molecule has 0 bridgehead atoms. The Morgan fingerprint density at radius 1 is 1.52 bits per heavy atom. The van der Waals surface area contributed by atoms with Crippen LogP contribution >= 0.6 is 0 Å². The van der Waals surface area contributed by atoms with E-state index in [9.17, 15) is 4.79 Å². The summed E-state index contributed by atoms with van der Waals surface area (Å²) in [7, 11) is 0. The molecule has 0 spiro atoms. The van der Waals surface area contributed by atoms with Crippen molar-refractivity contribution in [3.8, 4) is 6.07 Å². The molecule has 1 aromatic carbocycles. The number of rotatable bonds is 2. The van der Waals surface area contributed by atoms with E-state index in [-0.39, 0.29) is 18.5 Å². The first-order valence-corrected chi connectivity index (χ1v) is 7.03. The van der Waals surface area contributed by atoms with Crippen LogP contribution in [0.3, 0.4) is 0 Å². The van der Waals surface area contributed by atoms with Crippen molar-refractivity contribution in [2.45, 2.75) is 19.4 Å². The molecule has 1 fully saturated rings. The molecule has 6 nitrogen and oxygen atoms in total. The van der Waals surface area contributed by atoms with Crippen LogP contribution in [0.2, 0.25) is 0 Å². The molecule has 6 heteroatoms. The van der Waals surface area contributed by atoms with Crippen LogP contribution in [0.15, 0.2) is 28.7 Å². The number of carbonyl (C=O) groups excluding carboxylic acids is 1. The lowest BCUT2D eigenvalue weighted by atomic mass is 10.0. The van der Waals surface area contributed by atoms with E-state index < -0.39 is 0 Å². The van der Waals surface area contributed by atoms with E-state index in [0.717, 1.165) is 18.4 Å². The summed E-state index contributed by atoms with van der Waals surface area (Å²) in [4.78, 5) is 18.1. The molecule has 1 aliphatic rings. The standard InChI is InChI=1S/C15H16N4O2/c16-8-11-4-3-7-19(10-11)15(20)17-9-14-18-12-5-1-2-6-13(12)21-14/h1-2,5-6,11H,3-4,7,9-10H2,(H,17,20)/t11-/m0/s1. The Labute approximate surface area is 122 Å². The molecule has 1 N–H and O–H groups in total. The van der Waals surface area contributed by atoms with E-state index in [4.69, 9.17) is 9.68 Å². The number of amides is 2. The molecule has 1 atom stereocenters. The minimum atomic E-state index is -0.169. The highest BCUT2D eigenvalue weighted by molar-refractivity contribution is 5.75. The first-order valence-electron chi connectivity index (χ1n) is 7.03. The third-order valence-electron chi connectivity index (χ3n) is 3.62. The number of aromatic nitrogens is 1. The number of para-hydroxylation sites is 2. The normalized spacial score (nSPS) is 18.4. The van der Waals surface area contributed by atoms with Crippen LogP contribution in [-0.4, -0.2) is 29.0 Å². The van der Waals surface area contributed by atoms with Gasteiger partial charge in [0.05, 0.1) is 18.5 Å². The number of urea groups is 1. The van der Waals surface area contributed by atoms with E-state index in [0.29, 0.717) is 24.6 Å². The van der Waals surface area contributed by atoms with E-state index >= 15 is 0 Å². The topological polar surface area (TPSA) is 82.2 Å². The summed E-state index contributed by atoms with van der Waals surface area (Å²) in [5, 5.41) is 11.7. The minimum Gasteiger partial charge on any atom is -0.439 e. The molecule has 3 rings (SSSR count). The summed E-state index contributed by atoms with van der Waals surface area (Å²) in [5.41, 5.74) is 1.49. The van der Waals surface area contributed by atoms with Gasteiger partial charge in [-0.2, -0.15) is 5.26 Å². The molecular weight excluding hydrogens is 268 g/mol. The highest BCUT2D eigenvalue weighted by Gasteiger charge is 2.23. The van der Waals surface area contributed by atoms with Crippen LogP contribution < -0.4 is 5.32 Å². The van der Waals surface area contributed by atoms with Gasteiger partial charge in [-0.25, -0.2) is 9.78 Å². The van der Waals surface area contributed by atoms with Crippen LogP contribution in [0.1, 0.15) is 18.7 Å². The second-order valence-electron chi connectivity index (χ2n) is 5.15. The third-order valence-corrected chi connectivity index (χ3v) is 3.62. The first kappa shape index (κ1) is 13.4. The van der Waals surface area contributed by atoms with Gasteiger partial charge in [-0.15, -0.1) is 0 Å². The van der Waals surface area contributed by atoms with E-state index in [1.54, 1.807) is 4.90 Å². The highest BCUT2D eigenvalue weighted by atomic mass is 16.3. The third kappa shape index (κ3) is 2.97. The Morgan fingerprint density at radius 3 is 3.19 bits per heavy atom. The predicted octanol–water partition coefficient (Wildman–Crippen LogP) is 2.27. The van der Waals surface area contributed by atoms with Crippen LogP contribution in [0.25, 0.3) is 11.1 Å². The number of piperidine rings is 1. The molecule has 1 saturated heterocycles. The number of carbonyl (C=O) groups is 1. The molecule has 1 aromatic heterocycles. The van der Waals surface area contributed by atoms with Crippen LogP contribution in [0.5, 0.6) is 0 Å². The average molecular weight is 284 g/mol. The maximum Gasteiger partial charge on any atom is 0.317 e. The van der Waals surface area contributed by atoms with Gasteiger partial charge in [0.15, 0.2) is 5.58 Å². The Morgan fingerprint density at radius 2 is 2.38 bits per heavy atom. The van der Waals surface area contributed by atoms with Gasteiger partial charge in [0.2, 0.25) is 5.89 Å². The van der Waals surface area contributed by atoms with Crippen molar-refractivity contribution in [2.24, 2.45) is 5.92 Å². The summed E-state index contributed by atoms with van der Waals surface area (Å²) >= 11 is 0. The quantitative estimate of drug-likeness (QED) is 0.917. The fourth-order valence-corrected chi connectivity index (χ4v) is 2.53. The smallest absolute Gasteiger partial charge is 0.317 e. The van der Waals surface area contributed by atoms with Gasteiger partial charge in [0.25, 0.3) is 0 Å². The van der Waals surface area contributed by atoms with Crippen LogP contribution in [0.4, 0.5) is 4.79 Å². The van der Waals surface area contributed by atoms with Gasteiger partial charge in [0.1, 0.15) is 5.52 Å². The summed E-state index contributed by atoms with van der Waals surface area (Å²) in [6.07, 6.45) is 1.74. The molecule has 0 saturated carbocycles. The van der Waals surface area contributed by atoms with Crippen molar-refractivity contribution in [1.29, 1.82) is 5.26 Å². The second-order valence-corrected chi connectivity index (χ2v) is 5.15. The Kier molecular flexibility index (Phi) is 3.73. The maximum absolute atomic E-state index is 12.1. The second kappa shape index (κ2) is 5.83. The average Bonchev–Trinajstić information content (AvgIpc) is 2.95. The molecule has 108 valence electrons. The molecule has 2 aromatic rings. The number of benzene rings is 1. The van der Waals surface area contributed by atoms with Gasteiger partial charge in [-0.05, 0) is 25.0 Å². The zero-order valence-electron chi connectivity index (χ0n) is 11.6. The monoisotopic (exact) mass is 284 g/mol. The fourth-order valence-electron chi connectivity index (χ4n) is 2.53. The summed E-state index contributed by atoms with van der Waals surface area (Å²) in [6.45, 7) is 1.44. The summed E-state index contributed by atoms with van der Waals surface area (Å²) in [5.74, 6) is 0.423. The largest absolute Gasteiger partial charge is 0.439 e. The zero-order valence-corrected chi connectivity index (χ0v) is 11.6. The molecule has 21 heavy (non-hydrogen) atoms. The molecular formula is C15H16N4O2. The Bertz CT molecular complexity index is 655. The maximum atomic E-state index is 12.1. The number of oxazole rings is 1. The number of likely N-dealkylation sites (tertiary alicyclic amines) is 1. The van der Waals surface area contributed by atoms with Crippen molar-refractivity contribution in [3.63, 3.8) is 0 Å². The van der Waals surface area contributed by atoms with Crippen LogP contribution in [0, 0.1) is 17.2 Å². The zero-order chi connectivity index (χ0) is 14.7. The van der Waals surface area contributed by atoms with E-state index in [1.807, 2.05) is 24.3 Å². The van der Waals surface area contributed by atoms with Crippen molar-refractivity contribution < 1.29 is 9.21 Å². The fraction of sp³-hybridized carbons (Fsp3) is 0.400. The first-order chi connectivity index (χ1) is 10.3. The van der Waals surface area contributed by atoms with Crippen molar-refractivity contribution >= 4 is 17.1 Å². The number of nitriles is 1. The number of fused-ring (bicyclic) bond motifs is 1. The SMILES string of the molecule is N#C[C@@H]1CCCN(C(=O)NCc2nc3ccccc3o2)C1. The van der Waals surface area contributed by atoms with Gasteiger partial charge >= 0.3 is 6.03 Å². The molecule has 2 amide bonds. The molecule has 2 heterocycles. The van der Waals surface area contributed by atoms with E-state index in [2.05, 4.69) is 16.4 Å². The lowest BCUT2D eigenvalue weighted by molar-refractivity contribution is 0.175. The molecule has 0 unspecified atom stereocenters. The number of hydrogen-bond acceptors (Lipinski definition) is 4. The van der Waals surface area contributed by atoms with Gasteiger partial charge < -0.3 is 14.6 Å². The van der Waals surface area contributed by atoms with Crippen molar-refractivity contribution in [2.75, 3.05) is 13.1 Å². The molecule has 0 radical (unpaired) electrons. The molecule has 1 aliphatic heterocycles. The number of nitrogens with one attached hydrogen (secondary N) is 1. The predicted molar refractivity (Wildman–Crippen MR) is 76.2 cm³/mol. The Hall–Kier alpha value is -2.55. The van der Waals surface area contributed by atoms with Gasteiger partial charge in [0, 0.05) is 13.1 Å². The van der Waals surface area contributed by atoms with Gasteiger partial charge in [-0.3, -0.25) is 0 Å². The lowest BCUT2D eigenvalue weighted by Crippen LogP contribution is -2.45. The Balaban J connectivity index is 1.59. The van der Waals surface area contributed by atoms with Crippen molar-refractivity contribution in [1.82, 2.24) is 15.2 Å². The van der Waals surface area contributed by atoms with E-state index in [1.165, 1.54) is 0 Å². The lowest BCUT2D eigenvalue weighted by Gasteiger charge is -2.29. The number of nitrogens with zero attached hydrogens (tertiary/aromatic N) is 3. The van der Waals surface area contributed by atoms with Crippen LogP contribution in [-0.2, 0) is 6.54 Å². The molecule has 0 aliphatic carbocycles.